The van der Waals surface area contributed by atoms with Crippen molar-refractivity contribution in [1.29, 1.82) is 0 Å². The Morgan fingerprint density at radius 3 is 2.72 bits per heavy atom. The lowest BCUT2D eigenvalue weighted by Gasteiger charge is -2.41. The molecule has 3 atom stereocenters. The monoisotopic (exact) mass is 717 g/mol. The number of likely N-dealkylation sites (tertiary alicyclic amines) is 1. The van der Waals surface area contributed by atoms with Crippen LogP contribution in [0, 0.1) is 0 Å². The highest BCUT2D eigenvalue weighted by Crippen LogP contribution is 2.49. The van der Waals surface area contributed by atoms with Gasteiger partial charge in [-0.05, 0) is 49.2 Å². The summed E-state index contributed by atoms with van der Waals surface area (Å²) in [5.74, 6) is -1.67. The lowest BCUT2D eigenvalue weighted by Crippen LogP contribution is -2.55. The zero-order valence-corrected chi connectivity index (χ0v) is 27.0. The molecule has 0 saturated carbocycles. The van der Waals surface area contributed by atoms with Crippen LogP contribution in [0.3, 0.4) is 0 Å². The SMILES string of the molecule is C[C@H]1O[C@@]2(CCN(C(=O)c3ncccc3O)C[C@H]2F)c2c1n(CC(=O)Nc1ccc(C(F)(F)F)cc1Cl)c1nc(C3=CCOCC3)nn1c2=O. The van der Waals surface area contributed by atoms with Crippen molar-refractivity contribution in [1.82, 2.24) is 29.0 Å². The second kappa shape index (κ2) is 12.5. The fraction of sp³-hybridized carbons (Fsp3) is 0.375. The van der Waals surface area contributed by atoms with Crippen LogP contribution in [0.15, 0.2) is 47.4 Å². The van der Waals surface area contributed by atoms with Gasteiger partial charge >= 0.3 is 6.18 Å². The van der Waals surface area contributed by atoms with Gasteiger partial charge in [0, 0.05) is 19.2 Å². The molecular formula is C32H28ClF4N7O6. The number of amides is 2. The van der Waals surface area contributed by atoms with E-state index in [0.29, 0.717) is 31.3 Å². The molecule has 262 valence electrons. The van der Waals surface area contributed by atoms with Crippen LogP contribution in [0.2, 0.25) is 5.02 Å². The number of alkyl halides is 4. The van der Waals surface area contributed by atoms with Crippen LogP contribution >= 0.6 is 11.6 Å². The third-order valence-corrected chi connectivity index (χ3v) is 9.33. The largest absolute Gasteiger partial charge is 0.505 e. The molecule has 3 aliphatic rings. The minimum Gasteiger partial charge on any atom is -0.505 e. The van der Waals surface area contributed by atoms with Crippen molar-refractivity contribution in [2.24, 2.45) is 0 Å². The van der Waals surface area contributed by atoms with Crippen LogP contribution in [0.5, 0.6) is 5.75 Å². The number of fused-ring (bicyclic) bond motifs is 3. The number of ether oxygens (including phenoxy) is 2. The smallest absolute Gasteiger partial charge is 0.416 e. The third-order valence-electron chi connectivity index (χ3n) is 9.02. The number of hydrogen-bond acceptors (Lipinski definition) is 9. The molecule has 1 spiro atoms. The van der Waals surface area contributed by atoms with Crippen molar-refractivity contribution in [2.75, 3.05) is 31.6 Å². The Hall–Kier alpha value is -4.87. The minimum atomic E-state index is -4.65. The van der Waals surface area contributed by atoms with Gasteiger partial charge in [-0.2, -0.15) is 22.7 Å². The number of anilines is 1. The second-order valence-corrected chi connectivity index (χ2v) is 12.5. The number of pyridine rings is 1. The van der Waals surface area contributed by atoms with Crippen LogP contribution in [0.1, 0.15) is 59.0 Å². The number of carbonyl (C=O) groups is 2. The molecule has 50 heavy (non-hydrogen) atoms. The van der Waals surface area contributed by atoms with E-state index in [9.17, 15) is 32.7 Å². The molecule has 13 nitrogen and oxygen atoms in total. The van der Waals surface area contributed by atoms with E-state index in [2.05, 4.69) is 20.4 Å². The third kappa shape index (κ3) is 5.68. The summed E-state index contributed by atoms with van der Waals surface area (Å²) in [5.41, 5.74) is -3.16. The maximum atomic E-state index is 16.5. The Balaban J connectivity index is 1.29. The van der Waals surface area contributed by atoms with Crippen LogP contribution in [-0.2, 0) is 32.6 Å². The Bertz CT molecular complexity index is 2140. The van der Waals surface area contributed by atoms with E-state index in [0.717, 1.165) is 16.6 Å². The molecule has 6 heterocycles. The Morgan fingerprint density at radius 1 is 1.24 bits per heavy atom. The molecule has 18 heteroatoms. The Labute approximate surface area is 285 Å². The number of piperidine rings is 1. The number of nitrogens with zero attached hydrogens (tertiary/aromatic N) is 6. The number of hydrogen-bond donors (Lipinski definition) is 2. The van der Waals surface area contributed by atoms with Gasteiger partial charge in [-0.25, -0.2) is 9.37 Å². The fourth-order valence-electron chi connectivity index (χ4n) is 6.67. The number of aromatic hydroxyl groups is 1. The fourth-order valence-corrected chi connectivity index (χ4v) is 6.90. The van der Waals surface area contributed by atoms with E-state index >= 15 is 4.39 Å². The summed E-state index contributed by atoms with van der Waals surface area (Å²) in [5, 5.41) is 16.7. The first-order valence-electron chi connectivity index (χ1n) is 15.5. The lowest BCUT2D eigenvalue weighted by molar-refractivity contribution is -0.143. The molecule has 2 amide bonds. The second-order valence-electron chi connectivity index (χ2n) is 12.1. The highest BCUT2D eigenvalue weighted by Gasteiger charge is 2.56. The molecule has 0 radical (unpaired) electrons. The summed E-state index contributed by atoms with van der Waals surface area (Å²) in [6.45, 7) is 1.17. The number of rotatable bonds is 5. The predicted octanol–water partition coefficient (Wildman–Crippen LogP) is 4.28. The minimum absolute atomic E-state index is 0.0500. The van der Waals surface area contributed by atoms with Gasteiger partial charge in [0.2, 0.25) is 11.7 Å². The summed E-state index contributed by atoms with van der Waals surface area (Å²) in [6.07, 6.45) is -4.17. The first kappa shape index (κ1) is 33.6. The molecule has 7 rings (SSSR count). The average molecular weight is 718 g/mol. The van der Waals surface area contributed by atoms with E-state index in [1.54, 1.807) is 13.0 Å². The van der Waals surface area contributed by atoms with Crippen molar-refractivity contribution >= 4 is 40.5 Å². The van der Waals surface area contributed by atoms with Crippen molar-refractivity contribution in [3.63, 3.8) is 0 Å². The molecule has 2 N–H and O–H groups in total. The van der Waals surface area contributed by atoms with Gasteiger partial charge in [-0.1, -0.05) is 17.7 Å². The zero-order valence-electron chi connectivity index (χ0n) is 26.2. The topological polar surface area (TPSA) is 153 Å². The first-order valence-corrected chi connectivity index (χ1v) is 15.9. The van der Waals surface area contributed by atoms with Gasteiger partial charge in [0.1, 0.15) is 17.9 Å². The van der Waals surface area contributed by atoms with Crippen molar-refractivity contribution in [3.8, 4) is 5.75 Å². The molecular weight excluding hydrogens is 690 g/mol. The predicted molar refractivity (Wildman–Crippen MR) is 168 cm³/mol. The Kier molecular flexibility index (Phi) is 8.39. The summed E-state index contributed by atoms with van der Waals surface area (Å²) in [7, 11) is 0. The van der Waals surface area contributed by atoms with E-state index in [1.807, 2.05) is 0 Å². The summed E-state index contributed by atoms with van der Waals surface area (Å²) in [4.78, 5) is 50.6. The van der Waals surface area contributed by atoms with Gasteiger partial charge in [-0.3, -0.25) is 14.4 Å². The lowest BCUT2D eigenvalue weighted by atomic mass is 9.83. The highest BCUT2D eigenvalue weighted by molar-refractivity contribution is 6.33. The van der Waals surface area contributed by atoms with Crippen molar-refractivity contribution in [3.05, 3.63) is 86.3 Å². The van der Waals surface area contributed by atoms with E-state index in [-0.39, 0.29) is 58.0 Å². The molecule has 1 fully saturated rings. The maximum Gasteiger partial charge on any atom is 0.416 e. The Morgan fingerprint density at radius 2 is 2.04 bits per heavy atom. The van der Waals surface area contributed by atoms with E-state index in [4.69, 9.17) is 21.1 Å². The van der Waals surface area contributed by atoms with E-state index in [1.165, 1.54) is 27.8 Å². The number of carbonyl (C=O) groups excluding carboxylic acids is 2. The highest BCUT2D eigenvalue weighted by atomic mass is 35.5. The van der Waals surface area contributed by atoms with Crippen molar-refractivity contribution in [2.45, 2.75) is 50.4 Å². The van der Waals surface area contributed by atoms with Crippen LogP contribution in [0.25, 0.3) is 11.4 Å². The molecule has 0 bridgehead atoms. The van der Waals surface area contributed by atoms with Gasteiger partial charge in [0.25, 0.3) is 11.5 Å². The molecule has 1 aromatic carbocycles. The number of nitrogens with one attached hydrogen (secondary N) is 1. The number of aromatic nitrogens is 5. The van der Waals surface area contributed by atoms with Gasteiger partial charge in [-0.15, -0.1) is 5.10 Å². The number of benzene rings is 1. The maximum absolute atomic E-state index is 16.5. The van der Waals surface area contributed by atoms with Gasteiger partial charge in [0.15, 0.2) is 17.7 Å². The molecule has 3 aromatic heterocycles. The van der Waals surface area contributed by atoms with Gasteiger partial charge < -0.3 is 29.4 Å². The summed E-state index contributed by atoms with van der Waals surface area (Å²) in [6, 6.07) is 5.21. The normalized spacial score (nSPS) is 22.1. The summed E-state index contributed by atoms with van der Waals surface area (Å²) >= 11 is 6.09. The summed E-state index contributed by atoms with van der Waals surface area (Å²) < 4.78 is 70.1. The first-order chi connectivity index (χ1) is 23.8. The quantitative estimate of drug-likeness (QED) is 0.288. The molecule has 4 aromatic rings. The van der Waals surface area contributed by atoms with Crippen LogP contribution in [-0.4, -0.2) is 78.4 Å². The molecule has 1 saturated heterocycles. The van der Waals surface area contributed by atoms with E-state index < -0.39 is 60.1 Å². The molecule has 3 aliphatic heterocycles. The standard InChI is InChI=1S/C32H28ClF4N7O6/c1-16-26-24(31(50-16)8-10-42(14-22(31)34)29(48)25-21(45)3-2-9-38-25)28(47)44-30(40-27(41-44)17-6-11-49-12-7-17)43(26)15-23(46)39-20-5-4-18(13-19(20)33)32(35,36)37/h2-6,9,13,16,22,45H,7-8,10-12,14-15H2,1H3,(H,39,46)/t16-,22-,31-/m1/s1. The average Bonchev–Trinajstić information content (AvgIpc) is 3.66. The van der Waals surface area contributed by atoms with Crippen LogP contribution in [0.4, 0.5) is 23.2 Å². The molecule has 0 unspecified atom stereocenters. The number of halogens is 5. The van der Waals surface area contributed by atoms with Gasteiger partial charge in [0.05, 0.1) is 53.4 Å². The zero-order chi connectivity index (χ0) is 35.5. The molecule has 0 aliphatic carbocycles. The van der Waals surface area contributed by atoms with Crippen LogP contribution < -0.4 is 10.9 Å². The van der Waals surface area contributed by atoms with Crippen molar-refractivity contribution < 1.29 is 41.7 Å².